The smallest absolute Gasteiger partial charge is 0.171 e. The molecule has 1 atom stereocenters. The predicted molar refractivity (Wildman–Crippen MR) is 82.5 cm³/mol. The molecule has 1 heterocycles. The molecule has 0 radical (unpaired) electrons. The number of hydrogen-bond acceptors (Lipinski definition) is 2. The third kappa shape index (κ3) is 4.88. The molecule has 0 aliphatic carbocycles. The van der Waals surface area contributed by atoms with E-state index in [1.54, 1.807) is 0 Å². The Labute approximate surface area is 116 Å². The van der Waals surface area contributed by atoms with Crippen molar-refractivity contribution in [2.75, 3.05) is 0 Å². The summed E-state index contributed by atoms with van der Waals surface area (Å²) >= 11 is 10.4. The number of nitrogens with one attached hydrogen (secondary N) is 2. The molecule has 0 spiro atoms. The van der Waals surface area contributed by atoms with Gasteiger partial charge >= 0.3 is 0 Å². The van der Waals surface area contributed by atoms with E-state index in [2.05, 4.69) is 24.5 Å². The highest BCUT2D eigenvalue weighted by Crippen LogP contribution is 2.20. The van der Waals surface area contributed by atoms with Crippen LogP contribution in [0, 0.1) is 0 Å². The largest absolute Gasteiger partial charge is 0.351 e. The van der Waals surface area contributed by atoms with Gasteiger partial charge in [-0.15, -0.1) is 0 Å². The monoisotopic (exact) mass is 272 g/mol. The summed E-state index contributed by atoms with van der Waals surface area (Å²) in [6, 6.07) is 0. The third-order valence-corrected chi connectivity index (χ3v) is 4.15. The van der Waals surface area contributed by atoms with Crippen molar-refractivity contribution in [2.24, 2.45) is 0 Å². The van der Waals surface area contributed by atoms with E-state index >= 15 is 0 Å². The molecule has 2 N–H and O–H groups in total. The zero-order valence-corrected chi connectivity index (χ0v) is 12.6. The highest BCUT2D eigenvalue weighted by Gasteiger charge is 2.35. The molecule has 1 saturated heterocycles. The van der Waals surface area contributed by atoms with Crippen molar-refractivity contribution in [1.29, 1.82) is 0 Å². The highest BCUT2D eigenvalue weighted by atomic mass is 32.1. The predicted octanol–water partition coefficient (Wildman–Crippen LogP) is 3.69. The maximum absolute atomic E-state index is 5.31. The first-order valence-electron chi connectivity index (χ1n) is 6.72. The van der Waals surface area contributed by atoms with E-state index in [4.69, 9.17) is 24.4 Å². The average Bonchev–Trinajstić information content (AvgIpc) is 2.52. The maximum atomic E-state index is 5.31. The molecule has 1 fully saturated rings. The minimum absolute atomic E-state index is 0.101. The average molecular weight is 272 g/mol. The summed E-state index contributed by atoms with van der Waals surface area (Å²) in [6.45, 7) is 4.39. The van der Waals surface area contributed by atoms with Crippen molar-refractivity contribution < 1.29 is 0 Å². The minimum Gasteiger partial charge on any atom is -0.351 e. The zero-order chi connectivity index (χ0) is 12.7. The van der Waals surface area contributed by atoms with Gasteiger partial charge in [0, 0.05) is 0 Å². The van der Waals surface area contributed by atoms with Gasteiger partial charge in [-0.1, -0.05) is 64.1 Å². The first-order valence-corrected chi connectivity index (χ1v) is 7.54. The Morgan fingerprint density at radius 1 is 1.00 bits per heavy atom. The second kappa shape index (κ2) is 7.27. The van der Waals surface area contributed by atoms with Crippen LogP contribution in [-0.4, -0.2) is 15.6 Å². The van der Waals surface area contributed by atoms with Crippen LogP contribution in [0.2, 0.25) is 0 Å². The van der Waals surface area contributed by atoms with Crippen LogP contribution in [0.4, 0.5) is 0 Å². The maximum Gasteiger partial charge on any atom is 0.171 e. The van der Waals surface area contributed by atoms with E-state index in [0.717, 1.165) is 11.4 Å². The minimum atomic E-state index is -0.101. The molecular weight excluding hydrogens is 248 g/mol. The fourth-order valence-corrected chi connectivity index (χ4v) is 2.84. The van der Waals surface area contributed by atoms with E-state index in [1.165, 1.54) is 44.9 Å². The van der Waals surface area contributed by atoms with Crippen molar-refractivity contribution in [2.45, 2.75) is 70.8 Å². The van der Waals surface area contributed by atoms with E-state index in [0.29, 0.717) is 5.11 Å². The van der Waals surface area contributed by atoms with Gasteiger partial charge in [-0.25, -0.2) is 0 Å². The van der Waals surface area contributed by atoms with Crippen LogP contribution in [0.3, 0.4) is 0 Å². The van der Waals surface area contributed by atoms with Gasteiger partial charge in [0.05, 0.1) is 5.54 Å². The van der Waals surface area contributed by atoms with Crippen molar-refractivity contribution >= 4 is 34.5 Å². The van der Waals surface area contributed by atoms with Crippen LogP contribution < -0.4 is 10.6 Å². The standard InChI is InChI=1S/C13H24N2S2/c1-3-4-5-6-7-8-9-10-13(2)11(16)14-12(17)15-13/h3-10H2,1-2H3,(H2,14,15,16,17). The third-order valence-electron chi connectivity index (χ3n) is 3.40. The van der Waals surface area contributed by atoms with Gasteiger partial charge in [0.1, 0.15) is 4.99 Å². The fourth-order valence-electron chi connectivity index (χ4n) is 2.19. The quantitative estimate of drug-likeness (QED) is 0.520. The van der Waals surface area contributed by atoms with Crippen molar-refractivity contribution in [3.63, 3.8) is 0 Å². The summed E-state index contributed by atoms with van der Waals surface area (Å²) in [7, 11) is 0. The van der Waals surface area contributed by atoms with Gasteiger partial charge in [-0.05, 0) is 25.6 Å². The summed E-state index contributed by atoms with van der Waals surface area (Å²) in [6.07, 6.45) is 10.4. The lowest BCUT2D eigenvalue weighted by molar-refractivity contribution is 0.482. The molecular formula is C13H24N2S2. The molecule has 0 amide bonds. The molecule has 0 bridgehead atoms. The SMILES string of the molecule is CCCCCCCCCC1(C)NC(=S)NC1=S. The number of unbranched alkanes of at least 4 members (excludes halogenated alkanes) is 6. The summed E-state index contributed by atoms with van der Waals surface area (Å²) in [5.41, 5.74) is -0.101. The summed E-state index contributed by atoms with van der Waals surface area (Å²) in [4.78, 5) is 0.855. The van der Waals surface area contributed by atoms with Crippen LogP contribution in [-0.2, 0) is 0 Å². The Morgan fingerprint density at radius 3 is 2.12 bits per heavy atom. The van der Waals surface area contributed by atoms with Crippen LogP contribution in [0.1, 0.15) is 65.2 Å². The van der Waals surface area contributed by atoms with Gasteiger partial charge in [-0.3, -0.25) is 0 Å². The highest BCUT2D eigenvalue weighted by molar-refractivity contribution is 7.82. The van der Waals surface area contributed by atoms with Gasteiger partial charge in [0.15, 0.2) is 5.11 Å². The Balaban J connectivity index is 2.10. The Morgan fingerprint density at radius 2 is 1.59 bits per heavy atom. The van der Waals surface area contributed by atoms with E-state index in [9.17, 15) is 0 Å². The normalized spacial score (nSPS) is 23.6. The second-order valence-corrected chi connectivity index (χ2v) is 5.93. The number of rotatable bonds is 8. The number of thiocarbonyl (C=S) groups is 2. The molecule has 0 aromatic heterocycles. The molecule has 0 aromatic carbocycles. The molecule has 0 aromatic rings. The van der Waals surface area contributed by atoms with Gasteiger partial charge < -0.3 is 10.6 Å². The summed E-state index contributed by atoms with van der Waals surface area (Å²) < 4.78 is 0. The lowest BCUT2D eigenvalue weighted by atomic mass is 9.95. The zero-order valence-electron chi connectivity index (χ0n) is 11.0. The lowest BCUT2D eigenvalue weighted by Crippen LogP contribution is -2.42. The van der Waals surface area contributed by atoms with E-state index < -0.39 is 0 Å². The molecule has 4 heteroatoms. The summed E-state index contributed by atoms with van der Waals surface area (Å²) in [5.74, 6) is 0. The van der Waals surface area contributed by atoms with Crippen LogP contribution in [0.25, 0.3) is 0 Å². The van der Waals surface area contributed by atoms with Gasteiger partial charge in [-0.2, -0.15) is 0 Å². The van der Waals surface area contributed by atoms with Crippen LogP contribution in [0.15, 0.2) is 0 Å². The molecule has 2 nitrogen and oxygen atoms in total. The Hall–Kier alpha value is -0.220. The molecule has 1 unspecified atom stereocenters. The Bertz CT molecular complexity index is 279. The lowest BCUT2D eigenvalue weighted by Gasteiger charge is -2.23. The van der Waals surface area contributed by atoms with Crippen LogP contribution >= 0.6 is 24.4 Å². The first kappa shape index (κ1) is 14.8. The molecule has 1 rings (SSSR count). The second-order valence-electron chi connectivity index (χ2n) is 5.11. The Kier molecular flexibility index (Phi) is 6.34. The summed E-state index contributed by atoms with van der Waals surface area (Å²) in [5, 5.41) is 6.98. The van der Waals surface area contributed by atoms with Crippen molar-refractivity contribution in [3.05, 3.63) is 0 Å². The molecule has 1 aliphatic rings. The topological polar surface area (TPSA) is 24.1 Å². The molecule has 1 aliphatic heterocycles. The first-order chi connectivity index (χ1) is 8.08. The molecule has 17 heavy (non-hydrogen) atoms. The number of hydrogen-bond donors (Lipinski definition) is 2. The molecule has 98 valence electrons. The van der Waals surface area contributed by atoms with Crippen molar-refractivity contribution in [3.8, 4) is 0 Å². The van der Waals surface area contributed by atoms with Crippen LogP contribution in [0.5, 0.6) is 0 Å². The molecule has 0 saturated carbocycles. The van der Waals surface area contributed by atoms with Crippen molar-refractivity contribution in [1.82, 2.24) is 10.6 Å². The van der Waals surface area contributed by atoms with E-state index in [-0.39, 0.29) is 5.54 Å². The van der Waals surface area contributed by atoms with Gasteiger partial charge in [0.2, 0.25) is 0 Å². The van der Waals surface area contributed by atoms with E-state index in [1.807, 2.05) is 0 Å². The fraction of sp³-hybridized carbons (Fsp3) is 0.846. The van der Waals surface area contributed by atoms with Gasteiger partial charge in [0.25, 0.3) is 0 Å².